The van der Waals surface area contributed by atoms with Crippen LogP contribution in [-0.4, -0.2) is 75.0 Å². The van der Waals surface area contributed by atoms with E-state index < -0.39 is 23.8 Å². The number of carbonyl (C=O) groups is 2. The van der Waals surface area contributed by atoms with Gasteiger partial charge < -0.3 is 29.2 Å². The van der Waals surface area contributed by atoms with E-state index in [9.17, 15) is 14.7 Å². The van der Waals surface area contributed by atoms with Gasteiger partial charge in [-0.15, -0.1) is 0 Å². The van der Waals surface area contributed by atoms with Crippen LogP contribution in [0.4, 0.5) is 0 Å². The van der Waals surface area contributed by atoms with Gasteiger partial charge in [-0.3, -0.25) is 9.59 Å². The molecule has 8 heteroatoms. The molecule has 0 fully saturated rings. The third-order valence-corrected chi connectivity index (χ3v) is 4.42. The topological polar surface area (TPSA) is 112 Å². The zero-order valence-electron chi connectivity index (χ0n) is 17.5. The lowest BCUT2D eigenvalue weighted by Gasteiger charge is -2.27. The van der Waals surface area contributed by atoms with Crippen molar-refractivity contribution in [2.24, 2.45) is 5.41 Å². The second-order valence-electron chi connectivity index (χ2n) is 6.81. The second-order valence-corrected chi connectivity index (χ2v) is 6.81. The highest BCUT2D eigenvalue weighted by atomic mass is 16.5. The molecule has 0 spiro atoms. The summed E-state index contributed by atoms with van der Waals surface area (Å²) in [6.45, 7) is 7.45. The molecule has 0 atom stereocenters. The van der Waals surface area contributed by atoms with Gasteiger partial charge in [0.1, 0.15) is 0 Å². The van der Waals surface area contributed by atoms with Gasteiger partial charge in [0.15, 0.2) is 0 Å². The summed E-state index contributed by atoms with van der Waals surface area (Å²) in [7, 11) is 0. The van der Waals surface area contributed by atoms with E-state index in [2.05, 4.69) is 13.8 Å². The van der Waals surface area contributed by atoms with Crippen molar-refractivity contribution in [1.82, 2.24) is 0 Å². The van der Waals surface area contributed by atoms with Crippen LogP contribution in [0.5, 0.6) is 0 Å². The summed E-state index contributed by atoms with van der Waals surface area (Å²) in [5.41, 5.74) is -1.40. The van der Waals surface area contributed by atoms with Crippen molar-refractivity contribution in [3.63, 3.8) is 0 Å². The molecule has 0 unspecified atom stereocenters. The van der Waals surface area contributed by atoms with Gasteiger partial charge in [-0.05, 0) is 25.7 Å². The zero-order chi connectivity index (χ0) is 21.1. The molecule has 2 N–H and O–H groups in total. The van der Waals surface area contributed by atoms with E-state index in [0.717, 1.165) is 25.7 Å². The number of carboxylic acids is 2. The maximum Gasteiger partial charge on any atom is 0.310 e. The van der Waals surface area contributed by atoms with E-state index in [4.69, 9.17) is 24.1 Å². The molecule has 0 aromatic heterocycles. The minimum absolute atomic E-state index is 0.111. The van der Waals surface area contributed by atoms with Crippen LogP contribution in [-0.2, 0) is 28.5 Å². The van der Waals surface area contributed by atoms with E-state index in [-0.39, 0.29) is 26.1 Å². The summed E-state index contributed by atoms with van der Waals surface area (Å²) < 4.78 is 21.6. The Hall–Kier alpha value is -1.22. The number of rotatable bonds is 21. The van der Waals surface area contributed by atoms with Crippen molar-refractivity contribution in [2.45, 2.75) is 58.8 Å². The Labute approximate surface area is 168 Å². The van der Waals surface area contributed by atoms with Gasteiger partial charge in [0, 0.05) is 26.4 Å². The molecular formula is C20H38O8. The van der Waals surface area contributed by atoms with Crippen molar-refractivity contribution < 1.29 is 38.7 Å². The molecule has 0 aliphatic carbocycles. The summed E-state index contributed by atoms with van der Waals surface area (Å²) >= 11 is 0. The fourth-order valence-electron chi connectivity index (χ4n) is 2.55. The van der Waals surface area contributed by atoms with Crippen molar-refractivity contribution in [1.29, 1.82) is 0 Å². The molecule has 8 nitrogen and oxygen atoms in total. The number of ether oxygens (including phenoxy) is 4. The van der Waals surface area contributed by atoms with E-state index in [1.165, 1.54) is 0 Å². The average molecular weight is 407 g/mol. The van der Waals surface area contributed by atoms with Crippen LogP contribution in [0.2, 0.25) is 0 Å². The van der Waals surface area contributed by atoms with Crippen LogP contribution in [0.15, 0.2) is 0 Å². The summed E-state index contributed by atoms with van der Waals surface area (Å²) in [5.74, 6) is -2.28. The molecule has 0 rings (SSSR count). The molecule has 0 heterocycles. The largest absolute Gasteiger partial charge is 0.481 e. The number of aliphatic carboxylic acids is 2. The van der Waals surface area contributed by atoms with Gasteiger partial charge in [0.05, 0.1) is 38.3 Å². The lowest BCUT2D eigenvalue weighted by Crippen LogP contribution is -2.36. The highest BCUT2D eigenvalue weighted by Crippen LogP contribution is 2.32. The van der Waals surface area contributed by atoms with Crippen LogP contribution >= 0.6 is 0 Å². The highest BCUT2D eigenvalue weighted by molar-refractivity contribution is 5.81. The molecule has 0 radical (unpaired) electrons. The molecule has 28 heavy (non-hydrogen) atoms. The normalized spacial score (nSPS) is 11.6. The molecule has 0 saturated heterocycles. The minimum atomic E-state index is -1.40. The standard InChI is InChI=1S/C20H38O8/c1-3-5-9-25-13-15-27-11-7-20(19(23)24,17-18(21)22)8-12-28-16-14-26-10-6-4-2/h3-17H2,1-2H3,(H,21,22)(H,23,24). The lowest BCUT2D eigenvalue weighted by molar-refractivity contribution is -0.158. The molecule has 0 saturated carbocycles. The minimum Gasteiger partial charge on any atom is -0.481 e. The van der Waals surface area contributed by atoms with E-state index in [0.29, 0.717) is 39.6 Å². The van der Waals surface area contributed by atoms with E-state index in [1.807, 2.05) is 0 Å². The van der Waals surface area contributed by atoms with Crippen LogP contribution < -0.4 is 0 Å². The first-order valence-corrected chi connectivity index (χ1v) is 10.2. The summed E-state index contributed by atoms with van der Waals surface area (Å²) in [6.07, 6.45) is 3.86. The van der Waals surface area contributed by atoms with Gasteiger partial charge in [-0.1, -0.05) is 26.7 Å². The van der Waals surface area contributed by atoms with Gasteiger partial charge in [0.2, 0.25) is 0 Å². The smallest absolute Gasteiger partial charge is 0.310 e. The number of hydrogen-bond donors (Lipinski definition) is 2. The third kappa shape index (κ3) is 13.9. The monoisotopic (exact) mass is 406 g/mol. The van der Waals surface area contributed by atoms with Gasteiger partial charge in [0.25, 0.3) is 0 Å². The molecule has 166 valence electrons. The predicted molar refractivity (Wildman–Crippen MR) is 105 cm³/mol. The quantitative estimate of drug-likeness (QED) is 0.280. The number of carboxylic acid groups (broad SMARTS) is 2. The maximum absolute atomic E-state index is 11.8. The lowest BCUT2D eigenvalue weighted by atomic mass is 9.78. The molecule has 0 aromatic rings. The zero-order valence-corrected chi connectivity index (χ0v) is 17.5. The Morgan fingerprint density at radius 3 is 1.39 bits per heavy atom. The predicted octanol–water partition coefficient (Wildman–Crippen LogP) is 2.98. The Balaban J connectivity index is 4.25. The van der Waals surface area contributed by atoms with Crippen molar-refractivity contribution in [2.75, 3.05) is 52.9 Å². The van der Waals surface area contributed by atoms with Crippen LogP contribution in [0.3, 0.4) is 0 Å². The first kappa shape index (κ1) is 26.8. The molecular weight excluding hydrogens is 368 g/mol. The second kappa shape index (κ2) is 17.8. The molecule has 0 aromatic carbocycles. The van der Waals surface area contributed by atoms with E-state index >= 15 is 0 Å². The van der Waals surface area contributed by atoms with Crippen molar-refractivity contribution in [3.05, 3.63) is 0 Å². The summed E-state index contributed by atoms with van der Waals surface area (Å²) in [5, 5.41) is 18.8. The maximum atomic E-state index is 11.8. The number of hydrogen-bond acceptors (Lipinski definition) is 6. The van der Waals surface area contributed by atoms with Gasteiger partial charge in [-0.2, -0.15) is 0 Å². The Bertz CT molecular complexity index is 380. The molecule has 0 aliphatic rings. The molecule has 0 bridgehead atoms. The molecule has 0 aliphatic heterocycles. The SMILES string of the molecule is CCCCOCCOCCC(CCOCCOCCCC)(CC(=O)O)C(=O)O. The van der Waals surface area contributed by atoms with Gasteiger partial charge >= 0.3 is 11.9 Å². The Kier molecular flexibility index (Phi) is 17.1. The Morgan fingerprint density at radius 1 is 0.679 bits per heavy atom. The fraction of sp³-hybridized carbons (Fsp3) is 0.900. The van der Waals surface area contributed by atoms with Crippen molar-refractivity contribution in [3.8, 4) is 0 Å². The summed E-state index contributed by atoms with van der Waals surface area (Å²) in [4.78, 5) is 23.0. The fourth-order valence-corrected chi connectivity index (χ4v) is 2.55. The molecule has 0 amide bonds. The third-order valence-electron chi connectivity index (χ3n) is 4.42. The van der Waals surface area contributed by atoms with Crippen LogP contribution in [0, 0.1) is 5.41 Å². The van der Waals surface area contributed by atoms with Gasteiger partial charge in [-0.25, -0.2) is 0 Å². The van der Waals surface area contributed by atoms with E-state index in [1.54, 1.807) is 0 Å². The first-order chi connectivity index (χ1) is 13.5. The van der Waals surface area contributed by atoms with Crippen LogP contribution in [0.25, 0.3) is 0 Å². The average Bonchev–Trinajstić information content (AvgIpc) is 2.65. The van der Waals surface area contributed by atoms with Crippen molar-refractivity contribution >= 4 is 11.9 Å². The highest BCUT2D eigenvalue weighted by Gasteiger charge is 2.40. The first-order valence-electron chi connectivity index (χ1n) is 10.2. The number of unbranched alkanes of at least 4 members (excludes halogenated alkanes) is 2. The van der Waals surface area contributed by atoms with Crippen LogP contribution in [0.1, 0.15) is 58.8 Å². The summed E-state index contributed by atoms with van der Waals surface area (Å²) in [6, 6.07) is 0. The Morgan fingerprint density at radius 2 is 1.07 bits per heavy atom.